The predicted molar refractivity (Wildman–Crippen MR) is 65.0 cm³/mol. The summed E-state index contributed by atoms with van der Waals surface area (Å²) in [7, 11) is 0. The minimum Gasteiger partial charge on any atom is -0.480 e. The van der Waals surface area contributed by atoms with E-state index < -0.39 is 23.3 Å². The molecule has 0 saturated heterocycles. The van der Waals surface area contributed by atoms with Crippen LogP contribution in [0.4, 0.5) is 0 Å². The minimum absolute atomic E-state index is 0.0356. The van der Waals surface area contributed by atoms with Crippen molar-refractivity contribution in [3.8, 4) is 6.07 Å². The monoisotopic (exact) mass is 275 g/mol. The maximum Gasteiger partial charge on any atom is 0.329 e. The van der Waals surface area contributed by atoms with E-state index in [1.54, 1.807) is 6.07 Å². The van der Waals surface area contributed by atoms with Gasteiger partial charge in [0.1, 0.15) is 17.7 Å². The molecule has 0 saturated carbocycles. The standard InChI is InChI=1S/C11H9N5O4/c12-2-6-4-16(11(20)15-9(6)17)8(10(18)19)1-7-3-13-5-14-7/h3-5,8H,1H2,(H,13,14)(H,18,19)(H,15,17,20). The van der Waals surface area contributed by atoms with Crippen LogP contribution in [0.25, 0.3) is 0 Å². The molecule has 0 bridgehead atoms. The summed E-state index contributed by atoms with van der Waals surface area (Å²) in [6, 6.07) is 0.341. The molecule has 2 aromatic heterocycles. The number of hydrogen-bond donors (Lipinski definition) is 3. The van der Waals surface area contributed by atoms with Crippen LogP contribution in [0.3, 0.4) is 0 Å². The average Bonchev–Trinajstić information content (AvgIpc) is 2.89. The van der Waals surface area contributed by atoms with E-state index in [2.05, 4.69) is 9.97 Å². The van der Waals surface area contributed by atoms with E-state index in [9.17, 15) is 19.5 Å². The van der Waals surface area contributed by atoms with Gasteiger partial charge < -0.3 is 10.1 Å². The van der Waals surface area contributed by atoms with Crippen molar-refractivity contribution >= 4 is 5.97 Å². The number of aromatic nitrogens is 4. The Morgan fingerprint density at radius 1 is 1.55 bits per heavy atom. The van der Waals surface area contributed by atoms with Crippen LogP contribution in [-0.2, 0) is 11.2 Å². The Hall–Kier alpha value is -3.15. The Labute approximate surface area is 111 Å². The molecule has 102 valence electrons. The molecule has 3 N–H and O–H groups in total. The number of nitrogens with zero attached hydrogens (tertiary/aromatic N) is 3. The third-order valence-corrected chi connectivity index (χ3v) is 2.68. The number of H-pyrrole nitrogens is 2. The lowest BCUT2D eigenvalue weighted by atomic mass is 10.1. The lowest BCUT2D eigenvalue weighted by molar-refractivity contribution is -0.141. The van der Waals surface area contributed by atoms with Crippen molar-refractivity contribution in [2.45, 2.75) is 12.5 Å². The fourth-order valence-electron chi connectivity index (χ4n) is 1.71. The molecule has 20 heavy (non-hydrogen) atoms. The van der Waals surface area contributed by atoms with E-state index in [1.165, 1.54) is 12.5 Å². The molecule has 2 heterocycles. The number of imidazole rings is 1. The third kappa shape index (κ3) is 2.49. The SMILES string of the molecule is N#Cc1cn(C(Cc2cnc[nH]2)C(=O)O)c(=O)[nH]c1=O. The summed E-state index contributed by atoms with van der Waals surface area (Å²) < 4.78 is 0.809. The molecule has 2 rings (SSSR count). The van der Waals surface area contributed by atoms with Gasteiger partial charge in [-0.05, 0) is 0 Å². The van der Waals surface area contributed by atoms with Crippen LogP contribution in [-0.4, -0.2) is 30.6 Å². The zero-order valence-corrected chi connectivity index (χ0v) is 10.0. The quantitative estimate of drug-likeness (QED) is 0.652. The number of carboxylic acid groups (broad SMARTS) is 1. The highest BCUT2D eigenvalue weighted by molar-refractivity contribution is 5.72. The zero-order chi connectivity index (χ0) is 14.7. The molecule has 9 nitrogen and oxygen atoms in total. The number of rotatable bonds is 4. The fraction of sp³-hybridized carbons (Fsp3) is 0.182. The van der Waals surface area contributed by atoms with Crippen LogP contribution in [0.1, 0.15) is 17.3 Å². The Kier molecular flexibility index (Phi) is 3.47. The van der Waals surface area contributed by atoms with Gasteiger partial charge in [0.05, 0.1) is 6.33 Å². The van der Waals surface area contributed by atoms with E-state index >= 15 is 0 Å². The maximum atomic E-state index is 11.7. The van der Waals surface area contributed by atoms with Crippen molar-refractivity contribution in [3.63, 3.8) is 0 Å². The summed E-state index contributed by atoms with van der Waals surface area (Å²) >= 11 is 0. The van der Waals surface area contributed by atoms with E-state index in [-0.39, 0.29) is 12.0 Å². The molecule has 2 aromatic rings. The van der Waals surface area contributed by atoms with Crippen molar-refractivity contribution < 1.29 is 9.90 Å². The molecule has 1 atom stereocenters. The van der Waals surface area contributed by atoms with E-state index in [4.69, 9.17) is 5.26 Å². The molecule has 1 unspecified atom stereocenters. The summed E-state index contributed by atoms with van der Waals surface area (Å²) in [4.78, 5) is 42.7. The summed E-state index contributed by atoms with van der Waals surface area (Å²) in [5, 5.41) is 18.0. The van der Waals surface area contributed by atoms with Gasteiger partial charge in [-0.15, -0.1) is 0 Å². The number of carboxylic acids is 1. The van der Waals surface area contributed by atoms with Gasteiger partial charge >= 0.3 is 11.7 Å². The second-order valence-corrected chi connectivity index (χ2v) is 3.96. The Morgan fingerprint density at radius 3 is 2.85 bits per heavy atom. The van der Waals surface area contributed by atoms with Crippen LogP contribution in [0.2, 0.25) is 0 Å². The van der Waals surface area contributed by atoms with Gasteiger partial charge in [-0.3, -0.25) is 14.3 Å². The van der Waals surface area contributed by atoms with Crippen molar-refractivity contribution in [1.29, 1.82) is 5.26 Å². The van der Waals surface area contributed by atoms with Gasteiger partial charge in [-0.2, -0.15) is 5.26 Å². The average molecular weight is 275 g/mol. The lowest BCUT2D eigenvalue weighted by Crippen LogP contribution is -2.37. The van der Waals surface area contributed by atoms with Gasteiger partial charge in [-0.25, -0.2) is 14.6 Å². The number of carbonyl (C=O) groups is 1. The van der Waals surface area contributed by atoms with Crippen LogP contribution in [0.15, 0.2) is 28.3 Å². The topological polar surface area (TPSA) is 145 Å². The molecular weight excluding hydrogens is 266 g/mol. The molecule has 0 aliphatic rings. The highest BCUT2D eigenvalue weighted by atomic mass is 16.4. The first-order chi connectivity index (χ1) is 9.52. The van der Waals surface area contributed by atoms with Gasteiger partial charge in [0.25, 0.3) is 5.56 Å². The predicted octanol–water partition coefficient (Wildman–Crippen LogP) is -1.00. The normalized spacial score (nSPS) is 11.8. The molecule has 0 aromatic carbocycles. The number of nitriles is 1. The van der Waals surface area contributed by atoms with Gasteiger partial charge in [-0.1, -0.05) is 0 Å². The maximum absolute atomic E-state index is 11.7. The lowest BCUT2D eigenvalue weighted by Gasteiger charge is -2.14. The first kappa shape index (κ1) is 13.3. The number of aromatic amines is 2. The number of nitrogens with one attached hydrogen (secondary N) is 2. The summed E-state index contributed by atoms with van der Waals surface area (Å²) in [5.74, 6) is -1.27. The molecule has 0 spiro atoms. The molecule has 0 aliphatic carbocycles. The summed E-state index contributed by atoms with van der Waals surface area (Å²) in [6.07, 6.45) is 3.71. The first-order valence-electron chi connectivity index (χ1n) is 5.48. The Morgan fingerprint density at radius 2 is 2.30 bits per heavy atom. The van der Waals surface area contributed by atoms with Gasteiger partial charge in [0, 0.05) is 24.5 Å². The Balaban J connectivity index is 2.50. The van der Waals surface area contributed by atoms with Crippen molar-refractivity contribution in [2.75, 3.05) is 0 Å². The van der Waals surface area contributed by atoms with Crippen molar-refractivity contribution in [1.82, 2.24) is 19.5 Å². The smallest absolute Gasteiger partial charge is 0.329 e. The van der Waals surface area contributed by atoms with E-state index in [0.717, 1.165) is 10.8 Å². The van der Waals surface area contributed by atoms with E-state index in [0.29, 0.717) is 5.69 Å². The van der Waals surface area contributed by atoms with Gasteiger partial charge in [0.15, 0.2) is 0 Å². The van der Waals surface area contributed by atoms with Crippen LogP contribution < -0.4 is 11.2 Å². The van der Waals surface area contributed by atoms with Crippen molar-refractivity contribution in [2.24, 2.45) is 0 Å². The van der Waals surface area contributed by atoms with Crippen LogP contribution in [0, 0.1) is 11.3 Å². The highest BCUT2D eigenvalue weighted by Gasteiger charge is 2.23. The second kappa shape index (κ2) is 5.23. The molecule has 9 heteroatoms. The molecular formula is C11H9N5O4. The fourth-order valence-corrected chi connectivity index (χ4v) is 1.71. The minimum atomic E-state index is -1.27. The Bertz CT molecular complexity index is 780. The summed E-state index contributed by atoms with van der Waals surface area (Å²) in [5.41, 5.74) is -1.56. The molecule has 0 amide bonds. The second-order valence-electron chi connectivity index (χ2n) is 3.96. The molecule has 0 aliphatic heterocycles. The van der Waals surface area contributed by atoms with Crippen LogP contribution >= 0.6 is 0 Å². The zero-order valence-electron chi connectivity index (χ0n) is 10.0. The van der Waals surface area contributed by atoms with Gasteiger partial charge in [0.2, 0.25) is 0 Å². The highest BCUT2D eigenvalue weighted by Crippen LogP contribution is 2.10. The first-order valence-corrected chi connectivity index (χ1v) is 5.48. The summed E-state index contributed by atoms with van der Waals surface area (Å²) in [6.45, 7) is 0. The number of aliphatic carboxylic acids is 1. The largest absolute Gasteiger partial charge is 0.480 e. The molecule has 0 fully saturated rings. The number of hydrogen-bond acceptors (Lipinski definition) is 5. The van der Waals surface area contributed by atoms with Crippen molar-refractivity contribution in [3.05, 3.63) is 50.8 Å². The third-order valence-electron chi connectivity index (χ3n) is 2.68. The van der Waals surface area contributed by atoms with Crippen LogP contribution in [0.5, 0.6) is 0 Å². The molecule has 0 radical (unpaired) electrons. The van der Waals surface area contributed by atoms with E-state index in [1.807, 2.05) is 4.98 Å².